The number of benzene rings is 1. The molecule has 0 atom stereocenters. The van der Waals surface area contributed by atoms with Crippen LogP contribution in [0.1, 0.15) is 23.3 Å². The summed E-state index contributed by atoms with van der Waals surface area (Å²) in [5.41, 5.74) is 0.784. The first-order valence-electron chi connectivity index (χ1n) is 6.27. The normalized spacial score (nSPS) is 10.4. The van der Waals surface area contributed by atoms with E-state index >= 15 is 0 Å². The SMILES string of the molecule is O=C(CCCc1cccs1)NCc1cccc(F)c1. The molecule has 0 aliphatic carbocycles. The molecule has 2 rings (SSSR count). The number of amides is 1. The zero-order valence-corrected chi connectivity index (χ0v) is 11.4. The van der Waals surface area contributed by atoms with Gasteiger partial charge in [-0.25, -0.2) is 4.39 Å². The van der Waals surface area contributed by atoms with Crippen molar-refractivity contribution in [2.24, 2.45) is 0 Å². The van der Waals surface area contributed by atoms with E-state index in [0.29, 0.717) is 13.0 Å². The van der Waals surface area contributed by atoms with Crippen LogP contribution in [0, 0.1) is 5.82 Å². The van der Waals surface area contributed by atoms with Gasteiger partial charge in [-0.1, -0.05) is 18.2 Å². The zero-order valence-electron chi connectivity index (χ0n) is 10.6. The van der Waals surface area contributed by atoms with E-state index in [-0.39, 0.29) is 11.7 Å². The summed E-state index contributed by atoms with van der Waals surface area (Å²) in [6, 6.07) is 10.4. The minimum Gasteiger partial charge on any atom is -0.352 e. The number of aryl methyl sites for hydroxylation is 1. The molecular formula is C15H16FNOS. The summed E-state index contributed by atoms with van der Waals surface area (Å²) in [4.78, 5) is 12.9. The lowest BCUT2D eigenvalue weighted by Crippen LogP contribution is -2.22. The molecule has 0 aliphatic heterocycles. The number of carbonyl (C=O) groups excluding carboxylic acids is 1. The van der Waals surface area contributed by atoms with Crippen LogP contribution in [0.3, 0.4) is 0 Å². The highest BCUT2D eigenvalue weighted by molar-refractivity contribution is 7.09. The van der Waals surface area contributed by atoms with Gasteiger partial charge in [0, 0.05) is 17.8 Å². The lowest BCUT2D eigenvalue weighted by Gasteiger charge is -2.05. The van der Waals surface area contributed by atoms with Gasteiger partial charge in [-0.05, 0) is 42.0 Å². The van der Waals surface area contributed by atoms with Crippen molar-refractivity contribution in [3.05, 3.63) is 58.0 Å². The first kappa shape index (κ1) is 13.7. The Morgan fingerprint density at radius 1 is 1.26 bits per heavy atom. The Morgan fingerprint density at radius 3 is 2.89 bits per heavy atom. The Balaban J connectivity index is 1.67. The van der Waals surface area contributed by atoms with E-state index < -0.39 is 0 Å². The second-order valence-corrected chi connectivity index (χ2v) is 5.37. The molecule has 0 unspecified atom stereocenters. The number of carbonyl (C=O) groups is 1. The molecule has 4 heteroatoms. The van der Waals surface area contributed by atoms with Gasteiger partial charge in [-0.15, -0.1) is 11.3 Å². The van der Waals surface area contributed by atoms with E-state index in [1.165, 1.54) is 17.0 Å². The van der Waals surface area contributed by atoms with Crippen LogP contribution in [0.5, 0.6) is 0 Å². The maximum absolute atomic E-state index is 12.9. The third kappa shape index (κ3) is 4.83. The molecule has 0 fully saturated rings. The molecule has 2 nitrogen and oxygen atoms in total. The molecule has 2 aromatic rings. The van der Waals surface area contributed by atoms with Gasteiger partial charge in [0.25, 0.3) is 0 Å². The number of hydrogen-bond acceptors (Lipinski definition) is 2. The van der Waals surface area contributed by atoms with Gasteiger partial charge in [0.1, 0.15) is 5.82 Å². The Morgan fingerprint density at radius 2 is 2.16 bits per heavy atom. The van der Waals surface area contributed by atoms with Crippen LogP contribution in [-0.2, 0) is 17.8 Å². The monoisotopic (exact) mass is 277 g/mol. The van der Waals surface area contributed by atoms with E-state index in [1.54, 1.807) is 23.5 Å². The van der Waals surface area contributed by atoms with Crippen LogP contribution in [0.25, 0.3) is 0 Å². The van der Waals surface area contributed by atoms with Crippen LogP contribution in [0.15, 0.2) is 41.8 Å². The zero-order chi connectivity index (χ0) is 13.5. The van der Waals surface area contributed by atoms with Crippen molar-refractivity contribution in [2.75, 3.05) is 0 Å². The molecule has 0 bridgehead atoms. The van der Waals surface area contributed by atoms with Crippen molar-refractivity contribution >= 4 is 17.2 Å². The summed E-state index contributed by atoms with van der Waals surface area (Å²) in [6.07, 6.45) is 2.29. The van der Waals surface area contributed by atoms with Crippen LogP contribution in [-0.4, -0.2) is 5.91 Å². The molecule has 0 radical (unpaired) electrons. The summed E-state index contributed by atoms with van der Waals surface area (Å²) >= 11 is 1.71. The standard InChI is InChI=1S/C15H16FNOS/c16-13-5-1-4-12(10-13)11-17-15(18)8-2-6-14-7-3-9-19-14/h1,3-5,7,9-10H,2,6,8,11H2,(H,17,18). The Hall–Kier alpha value is -1.68. The topological polar surface area (TPSA) is 29.1 Å². The fraction of sp³-hybridized carbons (Fsp3) is 0.267. The van der Waals surface area contributed by atoms with Gasteiger partial charge in [-0.2, -0.15) is 0 Å². The van der Waals surface area contributed by atoms with Crippen molar-refractivity contribution < 1.29 is 9.18 Å². The largest absolute Gasteiger partial charge is 0.352 e. The summed E-state index contributed by atoms with van der Waals surface area (Å²) in [7, 11) is 0. The first-order valence-corrected chi connectivity index (χ1v) is 7.15. The third-order valence-corrected chi connectivity index (χ3v) is 3.72. The number of halogens is 1. The van der Waals surface area contributed by atoms with Gasteiger partial charge in [0.15, 0.2) is 0 Å². The van der Waals surface area contributed by atoms with Crippen LogP contribution < -0.4 is 5.32 Å². The molecule has 0 saturated heterocycles. The van der Waals surface area contributed by atoms with Gasteiger partial charge in [0.2, 0.25) is 5.91 Å². The van der Waals surface area contributed by atoms with E-state index in [1.807, 2.05) is 11.4 Å². The Labute approximate surface area is 116 Å². The summed E-state index contributed by atoms with van der Waals surface area (Å²) in [5, 5.41) is 4.85. The maximum atomic E-state index is 12.9. The first-order chi connectivity index (χ1) is 9.24. The number of thiophene rings is 1. The molecule has 1 aromatic heterocycles. The maximum Gasteiger partial charge on any atom is 0.220 e. The lowest BCUT2D eigenvalue weighted by molar-refractivity contribution is -0.121. The van der Waals surface area contributed by atoms with Gasteiger partial charge >= 0.3 is 0 Å². The van der Waals surface area contributed by atoms with Gasteiger partial charge in [-0.3, -0.25) is 4.79 Å². The van der Waals surface area contributed by atoms with Crippen molar-refractivity contribution in [3.8, 4) is 0 Å². The van der Waals surface area contributed by atoms with Gasteiger partial charge in [0.05, 0.1) is 0 Å². The predicted molar refractivity (Wildman–Crippen MR) is 75.5 cm³/mol. The molecule has 0 aliphatic rings. The van der Waals surface area contributed by atoms with E-state index in [9.17, 15) is 9.18 Å². The lowest BCUT2D eigenvalue weighted by atomic mass is 10.2. The predicted octanol–water partition coefficient (Wildman–Crippen LogP) is 3.53. The Kier molecular flexibility index (Phi) is 5.10. The molecule has 1 heterocycles. The minimum atomic E-state index is -0.274. The molecule has 0 spiro atoms. The average Bonchev–Trinajstić information content (AvgIpc) is 2.90. The third-order valence-electron chi connectivity index (χ3n) is 2.79. The molecule has 19 heavy (non-hydrogen) atoms. The summed E-state index contributed by atoms with van der Waals surface area (Å²) in [5.74, 6) is -0.259. The fourth-order valence-electron chi connectivity index (χ4n) is 1.81. The van der Waals surface area contributed by atoms with E-state index in [4.69, 9.17) is 0 Å². The van der Waals surface area contributed by atoms with Crippen LogP contribution in [0.2, 0.25) is 0 Å². The summed E-state index contributed by atoms with van der Waals surface area (Å²) in [6.45, 7) is 0.385. The quantitative estimate of drug-likeness (QED) is 0.860. The molecular weight excluding hydrogens is 261 g/mol. The second-order valence-electron chi connectivity index (χ2n) is 4.34. The highest BCUT2D eigenvalue weighted by Crippen LogP contribution is 2.11. The highest BCUT2D eigenvalue weighted by Gasteiger charge is 2.03. The van der Waals surface area contributed by atoms with Crippen molar-refractivity contribution in [2.45, 2.75) is 25.8 Å². The average molecular weight is 277 g/mol. The molecule has 1 amide bonds. The van der Waals surface area contributed by atoms with Crippen molar-refractivity contribution in [1.82, 2.24) is 5.32 Å². The molecule has 1 aromatic carbocycles. The molecule has 0 saturated carbocycles. The molecule has 1 N–H and O–H groups in total. The fourth-order valence-corrected chi connectivity index (χ4v) is 2.57. The minimum absolute atomic E-state index is 0.0146. The smallest absolute Gasteiger partial charge is 0.220 e. The van der Waals surface area contributed by atoms with Crippen LogP contribution >= 0.6 is 11.3 Å². The highest BCUT2D eigenvalue weighted by atomic mass is 32.1. The van der Waals surface area contributed by atoms with E-state index in [0.717, 1.165) is 18.4 Å². The van der Waals surface area contributed by atoms with Crippen molar-refractivity contribution in [3.63, 3.8) is 0 Å². The summed E-state index contributed by atoms with van der Waals surface area (Å²) < 4.78 is 12.9. The number of nitrogens with one attached hydrogen (secondary N) is 1. The van der Waals surface area contributed by atoms with Gasteiger partial charge < -0.3 is 5.32 Å². The van der Waals surface area contributed by atoms with E-state index in [2.05, 4.69) is 11.4 Å². The van der Waals surface area contributed by atoms with Crippen molar-refractivity contribution in [1.29, 1.82) is 0 Å². The number of rotatable bonds is 6. The van der Waals surface area contributed by atoms with Crippen LogP contribution in [0.4, 0.5) is 4.39 Å². The second kappa shape index (κ2) is 7.04. The Bertz CT molecular complexity index is 525. The molecule has 100 valence electrons. The number of hydrogen-bond donors (Lipinski definition) is 1.